The van der Waals surface area contributed by atoms with Gasteiger partial charge in [-0.3, -0.25) is 4.79 Å². The van der Waals surface area contributed by atoms with Crippen molar-refractivity contribution >= 4 is 11.7 Å². The topological polar surface area (TPSA) is 67.8 Å². The largest absolute Gasteiger partial charge is 0.478 e. The highest BCUT2D eigenvalue weighted by Gasteiger charge is 2.22. The Morgan fingerprint density at radius 1 is 1.08 bits per heavy atom. The minimum absolute atomic E-state index is 0.0221. The number of amides is 1. The molecule has 0 bridgehead atoms. The van der Waals surface area contributed by atoms with Crippen LogP contribution in [-0.4, -0.2) is 60.7 Å². The molecule has 2 heterocycles. The van der Waals surface area contributed by atoms with Gasteiger partial charge in [-0.1, -0.05) is 30.3 Å². The summed E-state index contributed by atoms with van der Waals surface area (Å²) in [6.45, 7) is 3.40. The van der Waals surface area contributed by atoms with Gasteiger partial charge < -0.3 is 19.3 Å². The third-order valence-electron chi connectivity index (χ3n) is 4.33. The molecule has 2 aromatic rings. The average molecular weight is 356 g/mol. The summed E-state index contributed by atoms with van der Waals surface area (Å²) >= 11 is 0. The van der Waals surface area contributed by atoms with Gasteiger partial charge >= 0.3 is 0 Å². The molecule has 0 unspecified atom stereocenters. The van der Waals surface area contributed by atoms with Crippen LogP contribution in [0.3, 0.4) is 0 Å². The molecule has 7 heteroatoms. The second-order valence-electron chi connectivity index (χ2n) is 6.09. The summed E-state index contributed by atoms with van der Waals surface area (Å²) in [5, 5.41) is 0. The monoisotopic (exact) mass is 356 g/mol. The predicted molar refractivity (Wildman–Crippen MR) is 98.1 cm³/mol. The maximum Gasteiger partial charge on any atom is 0.257 e. The van der Waals surface area contributed by atoms with Gasteiger partial charge in [0.15, 0.2) is 5.82 Å². The van der Waals surface area contributed by atoms with E-state index >= 15 is 0 Å². The van der Waals surface area contributed by atoms with Crippen LogP contribution in [0.15, 0.2) is 42.7 Å². The average Bonchev–Trinajstić information content (AvgIpc) is 2.95. The fourth-order valence-electron chi connectivity index (χ4n) is 2.98. The van der Waals surface area contributed by atoms with Crippen molar-refractivity contribution in [3.63, 3.8) is 0 Å². The van der Waals surface area contributed by atoms with E-state index in [4.69, 9.17) is 9.47 Å². The van der Waals surface area contributed by atoms with Crippen LogP contribution in [0.1, 0.15) is 12.0 Å². The maximum absolute atomic E-state index is 12.4. The van der Waals surface area contributed by atoms with E-state index in [1.807, 2.05) is 35.2 Å². The van der Waals surface area contributed by atoms with Gasteiger partial charge in [0.2, 0.25) is 5.91 Å². The first-order chi connectivity index (χ1) is 12.8. The minimum Gasteiger partial charge on any atom is -0.478 e. The van der Waals surface area contributed by atoms with E-state index in [2.05, 4.69) is 14.9 Å². The third-order valence-corrected chi connectivity index (χ3v) is 4.33. The summed E-state index contributed by atoms with van der Waals surface area (Å²) in [6, 6.07) is 9.87. The standard InChI is InChI=1S/C19H24N4O3/c1-25-19-18(20-8-9-21-19)23-11-5-10-22(12-13-23)17(24)15-26-14-16-6-3-2-4-7-16/h2-4,6-9H,5,10-15H2,1H3. The lowest BCUT2D eigenvalue weighted by Crippen LogP contribution is -2.37. The Morgan fingerprint density at radius 3 is 2.69 bits per heavy atom. The molecular formula is C19H24N4O3. The van der Waals surface area contributed by atoms with E-state index in [0.29, 0.717) is 32.1 Å². The maximum atomic E-state index is 12.4. The number of rotatable bonds is 6. The minimum atomic E-state index is 0.0221. The number of carbonyl (C=O) groups excluding carboxylic acids is 1. The number of benzene rings is 1. The highest BCUT2D eigenvalue weighted by atomic mass is 16.5. The zero-order valence-electron chi connectivity index (χ0n) is 15.0. The Hall–Kier alpha value is -2.67. The molecule has 0 atom stereocenters. The van der Waals surface area contributed by atoms with Crippen molar-refractivity contribution in [1.29, 1.82) is 0 Å². The van der Waals surface area contributed by atoms with Crippen molar-refractivity contribution in [2.45, 2.75) is 13.0 Å². The van der Waals surface area contributed by atoms with E-state index in [9.17, 15) is 4.79 Å². The number of methoxy groups -OCH3 is 1. The third kappa shape index (κ3) is 4.70. The Bertz CT molecular complexity index is 711. The predicted octanol–water partition coefficient (Wildman–Crippen LogP) is 1.74. The molecule has 1 saturated heterocycles. The van der Waals surface area contributed by atoms with Crippen molar-refractivity contribution < 1.29 is 14.3 Å². The summed E-state index contributed by atoms with van der Waals surface area (Å²) in [4.78, 5) is 25.0. The Kier molecular flexibility index (Phi) is 6.38. The van der Waals surface area contributed by atoms with Crippen LogP contribution in [0.25, 0.3) is 0 Å². The van der Waals surface area contributed by atoms with Gasteiger partial charge in [0.1, 0.15) is 6.61 Å². The molecule has 26 heavy (non-hydrogen) atoms. The molecule has 1 aromatic carbocycles. The molecule has 1 aromatic heterocycles. The van der Waals surface area contributed by atoms with Gasteiger partial charge in [-0.15, -0.1) is 0 Å². The number of hydrogen-bond donors (Lipinski definition) is 0. The van der Waals surface area contributed by atoms with E-state index in [-0.39, 0.29) is 12.5 Å². The first-order valence-electron chi connectivity index (χ1n) is 8.77. The lowest BCUT2D eigenvalue weighted by Gasteiger charge is -2.23. The first-order valence-corrected chi connectivity index (χ1v) is 8.77. The Morgan fingerprint density at radius 2 is 1.88 bits per heavy atom. The Balaban J connectivity index is 1.50. The summed E-state index contributed by atoms with van der Waals surface area (Å²) < 4.78 is 10.9. The number of hydrogen-bond acceptors (Lipinski definition) is 6. The fraction of sp³-hybridized carbons (Fsp3) is 0.421. The van der Waals surface area contributed by atoms with Crippen molar-refractivity contribution in [3.05, 3.63) is 48.3 Å². The summed E-state index contributed by atoms with van der Waals surface area (Å²) in [5.41, 5.74) is 1.07. The molecular weight excluding hydrogens is 332 g/mol. The first kappa shape index (κ1) is 18.1. The van der Waals surface area contributed by atoms with Crippen LogP contribution >= 0.6 is 0 Å². The molecule has 138 valence electrons. The Labute approximate surface area is 153 Å². The lowest BCUT2D eigenvalue weighted by atomic mass is 10.2. The SMILES string of the molecule is COc1nccnc1N1CCCN(C(=O)COCc2ccccc2)CC1. The molecule has 0 aliphatic carbocycles. The summed E-state index contributed by atoms with van der Waals surface area (Å²) in [6.07, 6.45) is 4.13. The molecule has 0 saturated carbocycles. The van der Waals surface area contributed by atoms with Crippen LogP contribution in [0.4, 0.5) is 5.82 Å². The summed E-state index contributed by atoms with van der Waals surface area (Å²) in [7, 11) is 1.59. The molecule has 1 aliphatic rings. The lowest BCUT2D eigenvalue weighted by molar-refractivity contribution is -0.136. The van der Waals surface area contributed by atoms with Crippen molar-refractivity contribution in [3.8, 4) is 5.88 Å². The highest BCUT2D eigenvalue weighted by molar-refractivity contribution is 5.77. The van der Waals surface area contributed by atoms with Crippen molar-refractivity contribution in [1.82, 2.24) is 14.9 Å². The zero-order valence-corrected chi connectivity index (χ0v) is 15.0. The van der Waals surface area contributed by atoms with Gasteiger partial charge in [0, 0.05) is 38.6 Å². The van der Waals surface area contributed by atoms with E-state index in [1.165, 1.54) is 0 Å². The number of carbonyl (C=O) groups is 1. The van der Waals surface area contributed by atoms with Gasteiger partial charge in [0.05, 0.1) is 13.7 Å². The normalized spacial score (nSPS) is 14.8. The summed E-state index contributed by atoms with van der Waals surface area (Å²) in [5.74, 6) is 1.26. The van der Waals surface area contributed by atoms with Gasteiger partial charge in [-0.05, 0) is 12.0 Å². The number of ether oxygens (including phenoxy) is 2. The second-order valence-corrected chi connectivity index (χ2v) is 6.09. The van der Waals surface area contributed by atoms with E-state index < -0.39 is 0 Å². The van der Waals surface area contributed by atoms with Crippen LogP contribution in [0.5, 0.6) is 5.88 Å². The van der Waals surface area contributed by atoms with Gasteiger partial charge in [0.25, 0.3) is 5.88 Å². The van der Waals surface area contributed by atoms with Crippen molar-refractivity contribution in [2.75, 3.05) is 44.8 Å². The van der Waals surface area contributed by atoms with Crippen LogP contribution < -0.4 is 9.64 Å². The number of anilines is 1. The second kappa shape index (κ2) is 9.15. The zero-order chi connectivity index (χ0) is 18.2. The molecule has 0 radical (unpaired) electrons. The van der Waals surface area contributed by atoms with Crippen LogP contribution in [0, 0.1) is 0 Å². The van der Waals surface area contributed by atoms with Crippen LogP contribution in [-0.2, 0) is 16.1 Å². The fourth-order valence-corrected chi connectivity index (χ4v) is 2.98. The van der Waals surface area contributed by atoms with Gasteiger partial charge in [-0.2, -0.15) is 0 Å². The quantitative estimate of drug-likeness (QED) is 0.785. The van der Waals surface area contributed by atoms with Crippen LogP contribution in [0.2, 0.25) is 0 Å². The molecule has 0 N–H and O–H groups in total. The molecule has 0 spiro atoms. The molecule has 7 nitrogen and oxygen atoms in total. The smallest absolute Gasteiger partial charge is 0.257 e. The highest BCUT2D eigenvalue weighted by Crippen LogP contribution is 2.23. The number of nitrogens with zero attached hydrogens (tertiary/aromatic N) is 4. The molecule has 1 amide bonds. The van der Waals surface area contributed by atoms with Gasteiger partial charge in [-0.25, -0.2) is 9.97 Å². The van der Waals surface area contributed by atoms with E-state index in [0.717, 1.165) is 24.3 Å². The van der Waals surface area contributed by atoms with E-state index in [1.54, 1.807) is 19.5 Å². The molecule has 3 rings (SSSR count). The molecule has 1 aliphatic heterocycles. The number of aromatic nitrogens is 2. The molecule has 1 fully saturated rings. The van der Waals surface area contributed by atoms with Crippen molar-refractivity contribution in [2.24, 2.45) is 0 Å².